The second kappa shape index (κ2) is 8.58. The van der Waals surface area contributed by atoms with E-state index >= 15 is 0 Å². The van der Waals surface area contributed by atoms with Crippen LogP contribution in [0.25, 0.3) is 0 Å². The summed E-state index contributed by atoms with van der Waals surface area (Å²) < 4.78 is 18.1. The van der Waals surface area contributed by atoms with E-state index in [0.717, 1.165) is 16.8 Å². The van der Waals surface area contributed by atoms with E-state index in [1.165, 1.54) is 12.1 Å². The number of anilines is 1. The predicted octanol–water partition coefficient (Wildman–Crippen LogP) is 4.36. The van der Waals surface area contributed by atoms with Gasteiger partial charge in [0.15, 0.2) is 5.11 Å². The van der Waals surface area contributed by atoms with E-state index in [0.29, 0.717) is 17.3 Å². The minimum Gasteiger partial charge on any atom is -0.462 e. The number of benzene rings is 2. The molecule has 0 saturated carbocycles. The van der Waals surface area contributed by atoms with Gasteiger partial charge in [0.25, 0.3) is 0 Å². The van der Waals surface area contributed by atoms with Gasteiger partial charge in [0, 0.05) is 5.69 Å². The molecule has 0 saturated heterocycles. The molecule has 4 nitrogen and oxygen atoms in total. The average Bonchev–Trinajstić information content (AvgIpc) is 2.57. The zero-order valence-corrected chi connectivity index (χ0v) is 15.2. The smallest absolute Gasteiger partial charge is 0.338 e. The molecule has 1 unspecified atom stereocenters. The number of hydrogen-bond donors (Lipinski definition) is 2. The second-order valence-corrected chi connectivity index (χ2v) is 5.98. The highest BCUT2D eigenvalue weighted by Crippen LogP contribution is 2.20. The van der Waals surface area contributed by atoms with E-state index in [4.69, 9.17) is 17.0 Å². The maximum Gasteiger partial charge on any atom is 0.338 e. The lowest BCUT2D eigenvalue weighted by molar-refractivity contribution is 0.0525. The zero-order chi connectivity index (χ0) is 18.4. The van der Waals surface area contributed by atoms with E-state index in [9.17, 15) is 9.18 Å². The number of hydrogen-bond acceptors (Lipinski definition) is 3. The highest BCUT2D eigenvalue weighted by atomic mass is 32.1. The van der Waals surface area contributed by atoms with Crippen LogP contribution in [0.4, 0.5) is 10.1 Å². The number of esters is 1. The third kappa shape index (κ3) is 5.00. The lowest BCUT2D eigenvalue weighted by Crippen LogP contribution is -2.31. The van der Waals surface area contributed by atoms with E-state index in [-0.39, 0.29) is 17.8 Å². The molecule has 6 heteroatoms. The standard InChI is InChI=1S/C19H21FN2O2S/c1-4-24-18(23)16-6-5-7-17(12(16)2)22-19(25)21-13(3)14-8-10-15(20)11-9-14/h5-11,13H,4H2,1-3H3,(H2,21,22,25). The van der Waals surface area contributed by atoms with Crippen LogP contribution in [0.15, 0.2) is 42.5 Å². The molecule has 0 aliphatic carbocycles. The molecule has 1 atom stereocenters. The largest absolute Gasteiger partial charge is 0.462 e. The Bertz CT molecular complexity index is 763. The Labute approximate surface area is 152 Å². The number of nitrogens with one attached hydrogen (secondary N) is 2. The normalized spacial score (nSPS) is 11.5. The van der Waals surface area contributed by atoms with Crippen molar-refractivity contribution < 1.29 is 13.9 Å². The number of halogens is 1. The molecule has 25 heavy (non-hydrogen) atoms. The lowest BCUT2D eigenvalue weighted by Gasteiger charge is -2.19. The Morgan fingerprint density at radius 3 is 2.56 bits per heavy atom. The molecule has 0 amide bonds. The van der Waals surface area contributed by atoms with Crippen molar-refractivity contribution in [3.05, 3.63) is 65.0 Å². The van der Waals surface area contributed by atoms with Gasteiger partial charge in [-0.05, 0) is 68.4 Å². The number of thiocarbonyl (C=S) groups is 1. The van der Waals surface area contributed by atoms with Crippen LogP contribution in [0.2, 0.25) is 0 Å². The summed E-state index contributed by atoms with van der Waals surface area (Å²) >= 11 is 5.35. The molecule has 0 aromatic heterocycles. The van der Waals surface area contributed by atoms with Gasteiger partial charge in [-0.1, -0.05) is 18.2 Å². The Kier molecular flexibility index (Phi) is 6.47. The molecule has 132 valence electrons. The van der Waals surface area contributed by atoms with Crippen molar-refractivity contribution in [2.24, 2.45) is 0 Å². The second-order valence-electron chi connectivity index (χ2n) is 5.57. The van der Waals surface area contributed by atoms with E-state index in [2.05, 4.69) is 10.6 Å². The fourth-order valence-electron chi connectivity index (χ4n) is 2.39. The quantitative estimate of drug-likeness (QED) is 0.613. The van der Waals surface area contributed by atoms with E-state index in [1.807, 2.05) is 19.9 Å². The monoisotopic (exact) mass is 360 g/mol. The first-order chi connectivity index (χ1) is 11.9. The first-order valence-corrected chi connectivity index (χ1v) is 8.43. The molecule has 0 bridgehead atoms. The summed E-state index contributed by atoms with van der Waals surface area (Å²) in [7, 11) is 0. The Morgan fingerprint density at radius 2 is 1.92 bits per heavy atom. The van der Waals surface area contributed by atoms with Crippen LogP contribution >= 0.6 is 12.2 Å². The summed E-state index contributed by atoms with van der Waals surface area (Å²) in [5, 5.41) is 6.66. The molecule has 0 aliphatic heterocycles. The van der Waals surface area contributed by atoms with Crippen LogP contribution in [0.3, 0.4) is 0 Å². The molecule has 2 aromatic carbocycles. The van der Waals surface area contributed by atoms with Crippen LogP contribution in [-0.2, 0) is 4.74 Å². The summed E-state index contributed by atoms with van der Waals surface area (Å²) in [6.07, 6.45) is 0. The van der Waals surface area contributed by atoms with Crippen molar-refractivity contribution in [1.82, 2.24) is 5.32 Å². The zero-order valence-electron chi connectivity index (χ0n) is 14.4. The van der Waals surface area contributed by atoms with Gasteiger partial charge >= 0.3 is 5.97 Å². The van der Waals surface area contributed by atoms with Gasteiger partial charge in [-0.3, -0.25) is 0 Å². The molecule has 2 N–H and O–H groups in total. The Hall–Kier alpha value is -2.47. The SMILES string of the molecule is CCOC(=O)c1cccc(NC(=S)NC(C)c2ccc(F)cc2)c1C. The maximum absolute atomic E-state index is 13.0. The van der Waals surface area contributed by atoms with E-state index in [1.54, 1.807) is 31.2 Å². The summed E-state index contributed by atoms with van der Waals surface area (Å²) in [6.45, 7) is 5.86. The lowest BCUT2D eigenvalue weighted by atomic mass is 10.1. The third-order valence-electron chi connectivity index (χ3n) is 3.79. The van der Waals surface area contributed by atoms with Crippen LogP contribution in [-0.4, -0.2) is 17.7 Å². The first kappa shape index (κ1) is 18.9. The fourth-order valence-corrected chi connectivity index (χ4v) is 2.68. The van der Waals surface area contributed by atoms with Crippen LogP contribution in [0, 0.1) is 12.7 Å². The fraction of sp³-hybridized carbons (Fsp3) is 0.263. The van der Waals surface area contributed by atoms with Crippen LogP contribution < -0.4 is 10.6 Å². The highest BCUT2D eigenvalue weighted by Gasteiger charge is 2.14. The summed E-state index contributed by atoms with van der Waals surface area (Å²) in [6, 6.07) is 11.5. The van der Waals surface area contributed by atoms with Crippen molar-refractivity contribution in [3.63, 3.8) is 0 Å². The summed E-state index contributed by atoms with van der Waals surface area (Å²) in [5.41, 5.74) is 2.91. The van der Waals surface area contributed by atoms with Crippen molar-refractivity contribution in [2.45, 2.75) is 26.8 Å². The molecule has 0 fully saturated rings. The average molecular weight is 360 g/mol. The Balaban J connectivity index is 2.06. The van der Waals surface area contributed by atoms with Crippen molar-refractivity contribution in [2.75, 3.05) is 11.9 Å². The molecular formula is C19H21FN2O2S. The van der Waals surface area contributed by atoms with E-state index < -0.39 is 0 Å². The molecule has 0 spiro atoms. The molecule has 0 radical (unpaired) electrons. The minimum atomic E-state index is -0.359. The van der Waals surface area contributed by atoms with Gasteiger partial charge in [0.2, 0.25) is 0 Å². The topological polar surface area (TPSA) is 50.4 Å². The molecule has 0 aliphatic rings. The van der Waals surface area contributed by atoms with Gasteiger partial charge in [-0.15, -0.1) is 0 Å². The molecule has 2 rings (SSSR count). The third-order valence-corrected chi connectivity index (χ3v) is 4.01. The predicted molar refractivity (Wildman–Crippen MR) is 101 cm³/mol. The van der Waals surface area contributed by atoms with Crippen molar-refractivity contribution in [3.8, 4) is 0 Å². The number of carbonyl (C=O) groups is 1. The highest BCUT2D eigenvalue weighted by molar-refractivity contribution is 7.80. The minimum absolute atomic E-state index is 0.0888. The van der Waals surface area contributed by atoms with Crippen LogP contribution in [0.5, 0.6) is 0 Å². The number of carbonyl (C=O) groups excluding carboxylic acids is 1. The van der Waals surface area contributed by atoms with Crippen LogP contribution in [0.1, 0.15) is 41.4 Å². The summed E-state index contributed by atoms with van der Waals surface area (Å²) in [5.74, 6) is -0.634. The molecule has 2 aromatic rings. The van der Waals surface area contributed by atoms with Crippen molar-refractivity contribution in [1.29, 1.82) is 0 Å². The molecular weight excluding hydrogens is 339 g/mol. The van der Waals surface area contributed by atoms with Gasteiger partial charge < -0.3 is 15.4 Å². The van der Waals surface area contributed by atoms with Gasteiger partial charge in [-0.25, -0.2) is 9.18 Å². The van der Waals surface area contributed by atoms with Gasteiger partial charge in [0.1, 0.15) is 5.82 Å². The number of rotatable bonds is 5. The summed E-state index contributed by atoms with van der Waals surface area (Å²) in [4.78, 5) is 12.0. The van der Waals surface area contributed by atoms with Gasteiger partial charge in [-0.2, -0.15) is 0 Å². The Morgan fingerprint density at radius 1 is 1.24 bits per heavy atom. The molecule has 0 heterocycles. The maximum atomic E-state index is 13.0. The van der Waals surface area contributed by atoms with Gasteiger partial charge in [0.05, 0.1) is 18.2 Å². The number of ether oxygens (including phenoxy) is 1. The first-order valence-electron chi connectivity index (χ1n) is 8.02. The van der Waals surface area contributed by atoms with Crippen molar-refractivity contribution >= 4 is 29.0 Å².